The summed E-state index contributed by atoms with van der Waals surface area (Å²) in [6.07, 6.45) is 1.77. The van der Waals surface area contributed by atoms with Crippen molar-refractivity contribution in [1.82, 2.24) is 20.4 Å². The maximum atomic E-state index is 13.1. The Hall–Kier alpha value is -3.19. The number of amides is 1. The molecule has 0 saturated heterocycles. The van der Waals surface area contributed by atoms with Gasteiger partial charge in [0.25, 0.3) is 0 Å². The van der Waals surface area contributed by atoms with Crippen molar-refractivity contribution in [3.8, 4) is 11.4 Å². The van der Waals surface area contributed by atoms with Crippen molar-refractivity contribution in [1.29, 1.82) is 0 Å². The lowest BCUT2D eigenvalue weighted by atomic mass is 10.1. The molecule has 1 amide bonds. The van der Waals surface area contributed by atoms with Gasteiger partial charge in [0.2, 0.25) is 5.91 Å². The van der Waals surface area contributed by atoms with Crippen molar-refractivity contribution in [3.63, 3.8) is 0 Å². The summed E-state index contributed by atoms with van der Waals surface area (Å²) in [5.74, 6) is 0.359. The van der Waals surface area contributed by atoms with Crippen molar-refractivity contribution in [2.45, 2.75) is 26.4 Å². The lowest BCUT2D eigenvalue weighted by Gasteiger charge is -2.15. The molecule has 0 aliphatic rings. The Labute approximate surface area is 169 Å². The predicted molar refractivity (Wildman–Crippen MR) is 110 cm³/mol. The molecule has 0 saturated carbocycles. The Morgan fingerprint density at radius 3 is 2.66 bits per heavy atom. The Kier molecular flexibility index (Phi) is 6.61. The van der Waals surface area contributed by atoms with Crippen molar-refractivity contribution < 1.29 is 13.9 Å². The van der Waals surface area contributed by atoms with E-state index in [-0.39, 0.29) is 24.3 Å². The molecule has 7 heteroatoms. The molecular formula is C22H25FN4O2. The van der Waals surface area contributed by atoms with Gasteiger partial charge in [-0.2, -0.15) is 5.10 Å². The van der Waals surface area contributed by atoms with E-state index in [9.17, 15) is 9.18 Å². The van der Waals surface area contributed by atoms with Gasteiger partial charge in [0, 0.05) is 29.4 Å². The van der Waals surface area contributed by atoms with Crippen LogP contribution in [-0.2, 0) is 11.3 Å². The summed E-state index contributed by atoms with van der Waals surface area (Å²) in [4.78, 5) is 12.2. The van der Waals surface area contributed by atoms with E-state index < -0.39 is 0 Å². The molecule has 3 aromatic rings. The molecule has 0 aliphatic carbocycles. The van der Waals surface area contributed by atoms with Gasteiger partial charge >= 0.3 is 0 Å². The zero-order valence-corrected chi connectivity index (χ0v) is 16.8. The summed E-state index contributed by atoms with van der Waals surface area (Å²) >= 11 is 0. The number of hydrogen-bond acceptors (Lipinski definition) is 4. The predicted octanol–water partition coefficient (Wildman–Crippen LogP) is 3.30. The second kappa shape index (κ2) is 9.34. The van der Waals surface area contributed by atoms with Crippen LogP contribution < -0.4 is 15.4 Å². The lowest BCUT2D eigenvalue weighted by molar-refractivity contribution is -0.120. The van der Waals surface area contributed by atoms with Gasteiger partial charge < -0.3 is 15.4 Å². The highest BCUT2D eigenvalue weighted by atomic mass is 19.1. The fourth-order valence-corrected chi connectivity index (χ4v) is 3.15. The number of aromatic nitrogens is 2. The number of carbonyl (C=O) groups excluding carboxylic acids is 1. The normalized spacial score (nSPS) is 11.9. The van der Waals surface area contributed by atoms with E-state index in [1.807, 2.05) is 38.1 Å². The summed E-state index contributed by atoms with van der Waals surface area (Å²) in [5.41, 5.74) is 3.63. The highest BCUT2D eigenvalue weighted by Gasteiger charge is 2.15. The van der Waals surface area contributed by atoms with Gasteiger partial charge in [-0.25, -0.2) is 9.07 Å². The zero-order valence-electron chi connectivity index (χ0n) is 16.8. The molecule has 2 aromatic carbocycles. The molecule has 0 spiro atoms. The third-order valence-electron chi connectivity index (χ3n) is 4.82. The third kappa shape index (κ3) is 5.00. The first-order valence-electron chi connectivity index (χ1n) is 9.42. The molecule has 1 unspecified atom stereocenters. The second-order valence-electron chi connectivity index (χ2n) is 6.76. The molecule has 1 aromatic heterocycles. The van der Waals surface area contributed by atoms with Crippen LogP contribution in [0.25, 0.3) is 5.69 Å². The van der Waals surface area contributed by atoms with E-state index in [4.69, 9.17) is 4.74 Å². The number of nitrogens with zero attached hydrogens (tertiary/aromatic N) is 2. The minimum Gasteiger partial charge on any atom is -0.496 e. The number of ether oxygens (including phenoxy) is 1. The van der Waals surface area contributed by atoms with Gasteiger partial charge in [-0.05, 0) is 44.2 Å². The zero-order chi connectivity index (χ0) is 20.8. The third-order valence-corrected chi connectivity index (χ3v) is 4.82. The van der Waals surface area contributed by atoms with Crippen molar-refractivity contribution in [3.05, 3.63) is 77.4 Å². The van der Waals surface area contributed by atoms with E-state index in [1.165, 1.54) is 12.1 Å². The van der Waals surface area contributed by atoms with Crippen molar-refractivity contribution >= 4 is 5.91 Å². The van der Waals surface area contributed by atoms with Crippen molar-refractivity contribution in [2.24, 2.45) is 0 Å². The fourth-order valence-electron chi connectivity index (χ4n) is 3.15. The van der Waals surface area contributed by atoms with Gasteiger partial charge in [-0.15, -0.1) is 0 Å². The Balaban J connectivity index is 1.56. The van der Waals surface area contributed by atoms with Crippen LogP contribution in [0.15, 0.2) is 54.7 Å². The van der Waals surface area contributed by atoms with Crippen LogP contribution in [0, 0.1) is 12.7 Å². The molecule has 1 heterocycles. The average Bonchev–Trinajstić information content (AvgIpc) is 3.12. The van der Waals surface area contributed by atoms with Gasteiger partial charge in [-0.3, -0.25) is 4.79 Å². The fraction of sp³-hybridized carbons (Fsp3) is 0.273. The number of benzene rings is 2. The van der Waals surface area contributed by atoms with Gasteiger partial charge in [0.05, 0.1) is 25.5 Å². The Morgan fingerprint density at radius 2 is 1.93 bits per heavy atom. The van der Waals surface area contributed by atoms with E-state index in [0.29, 0.717) is 6.54 Å². The summed E-state index contributed by atoms with van der Waals surface area (Å²) < 4.78 is 20.2. The minimum absolute atomic E-state index is 0.0683. The molecule has 3 rings (SSSR count). The number of hydrogen-bond donors (Lipinski definition) is 2. The molecule has 0 fully saturated rings. The van der Waals surface area contributed by atoms with Gasteiger partial charge in [0.1, 0.15) is 11.6 Å². The highest BCUT2D eigenvalue weighted by molar-refractivity contribution is 5.78. The standard InChI is InChI=1S/C22H25FN4O2/c1-15(20-13-26-27(16(20)2)19-10-8-18(23)9-11-19)24-14-22(28)25-12-17-6-4-5-7-21(17)29-3/h4-11,13,15,24H,12,14H2,1-3H3,(H,25,28). The highest BCUT2D eigenvalue weighted by Crippen LogP contribution is 2.20. The van der Waals surface area contributed by atoms with Crippen LogP contribution in [0.5, 0.6) is 5.75 Å². The molecular weight excluding hydrogens is 371 g/mol. The Morgan fingerprint density at radius 1 is 1.21 bits per heavy atom. The largest absolute Gasteiger partial charge is 0.496 e. The van der Waals surface area contributed by atoms with E-state index in [2.05, 4.69) is 15.7 Å². The molecule has 2 N–H and O–H groups in total. The van der Waals surface area contributed by atoms with E-state index in [1.54, 1.807) is 30.1 Å². The SMILES string of the molecule is COc1ccccc1CNC(=O)CNC(C)c1cnn(-c2ccc(F)cc2)c1C. The van der Waals surface area contributed by atoms with Crippen LogP contribution in [0.4, 0.5) is 4.39 Å². The quantitative estimate of drug-likeness (QED) is 0.613. The van der Waals surface area contributed by atoms with Crippen LogP contribution in [0.1, 0.15) is 29.8 Å². The topological polar surface area (TPSA) is 68.2 Å². The van der Waals surface area contributed by atoms with E-state index in [0.717, 1.165) is 28.3 Å². The Bertz CT molecular complexity index is 969. The molecule has 0 bridgehead atoms. The van der Waals surface area contributed by atoms with E-state index >= 15 is 0 Å². The number of nitrogens with one attached hydrogen (secondary N) is 2. The van der Waals surface area contributed by atoms with Crippen LogP contribution in [0.3, 0.4) is 0 Å². The summed E-state index contributed by atoms with van der Waals surface area (Å²) in [6.45, 7) is 4.51. The smallest absolute Gasteiger partial charge is 0.234 e. The van der Waals surface area contributed by atoms with Crippen LogP contribution in [0.2, 0.25) is 0 Å². The van der Waals surface area contributed by atoms with Crippen molar-refractivity contribution in [2.75, 3.05) is 13.7 Å². The summed E-state index contributed by atoms with van der Waals surface area (Å²) in [6, 6.07) is 13.7. The average molecular weight is 396 g/mol. The molecule has 152 valence electrons. The van der Waals surface area contributed by atoms with Crippen LogP contribution in [-0.4, -0.2) is 29.3 Å². The first-order chi connectivity index (χ1) is 14.0. The maximum absolute atomic E-state index is 13.1. The molecule has 29 heavy (non-hydrogen) atoms. The monoisotopic (exact) mass is 396 g/mol. The molecule has 6 nitrogen and oxygen atoms in total. The maximum Gasteiger partial charge on any atom is 0.234 e. The molecule has 0 radical (unpaired) electrons. The number of rotatable bonds is 8. The second-order valence-corrected chi connectivity index (χ2v) is 6.76. The van der Waals surface area contributed by atoms with Crippen LogP contribution >= 0.6 is 0 Å². The number of carbonyl (C=O) groups is 1. The first-order valence-corrected chi connectivity index (χ1v) is 9.42. The summed E-state index contributed by atoms with van der Waals surface area (Å²) in [7, 11) is 1.61. The number of para-hydroxylation sites is 1. The van der Waals surface area contributed by atoms with Gasteiger partial charge in [0.15, 0.2) is 0 Å². The van der Waals surface area contributed by atoms with Gasteiger partial charge in [-0.1, -0.05) is 18.2 Å². The molecule has 0 aliphatic heterocycles. The number of halogens is 1. The summed E-state index contributed by atoms with van der Waals surface area (Å²) in [5, 5.41) is 10.5. The number of methoxy groups -OCH3 is 1. The lowest BCUT2D eigenvalue weighted by Crippen LogP contribution is -2.34. The molecule has 1 atom stereocenters. The first kappa shape index (κ1) is 20.5. The minimum atomic E-state index is -0.284.